The van der Waals surface area contributed by atoms with Crippen LogP contribution in [0.25, 0.3) is 0 Å². The van der Waals surface area contributed by atoms with E-state index in [-0.39, 0.29) is 0 Å². The molecule has 0 aliphatic rings. The molecule has 0 N–H and O–H groups in total. The lowest BCUT2D eigenvalue weighted by molar-refractivity contribution is 0.413. The summed E-state index contributed by atoms with van der Waals surface area (Å²) in [6.45, 7) is 8.20. The van der Waals surface area contributed by atoms with Crippen molar-refractivity contribution in [3.63, 3.8) is 0 Å². The largest absolute Gasteiger partial charge is 0.309 e. The molecular weight excluding hydrogens is 555 g/mol. The molecule has 0 fully saturated rings. The van der Waals surface area contributed by atoms with E-state index in [1.165, 1.54) is 180 Å². The molecule has 0 saturated heterocycles. The van der Waals surface area contributed by atoms with Crippen LogP contribution < -0.4 is 0 Å². The molecule has 0 radical (unpaired) electrons. The van der Waals surface area contributed by atoms with Gasteiger partial charge in [-0.1, -0.05) is 185 Å². The highest BCUT2D eigenvalue weighted by atomic mass is 15.0. The SMILES string of the molecule is CCCCC/C=C/C=C/CCCCCCCCc1cc(CCCCCCCCCCCC(C)CCCCC)cc(CCN(C)C)c1. The molecule has 0 aliphatic carbocycles. The maximum atomic E-state index is 2.55. The van der Waals surface area contributed by atoms with Gasteiger partial charge in [-0.25, -0.2) is 0 Å². The van der Waals surface area contributed by atoms with Crippen molar-refractivity contribution in [1.82, 2.24) is 4.90 Å². The third-order valence-electron chi connectivity index (χ3n) is 9.87. The van der Waals surface area contributed by atoms with Crippen LogP contribution in [0.2, 0.25) is 0 Å². The van der Waals surface area contributed by atoms with Crippen molar-refractivity contribution in [3.05, 3.63) is 59.2 Å². The van der Waals surface area contributed by atoms with Gasteiger partial charge in [0.1, 0.15) is 0 Å². The van der Waals surface area contributed by atoms with Crippen molar-refractivity contribution >= 4 is 0 Å². The Hall–Kier alpha value is -1.34. The van der Waals surface area contributed by atoms with E-state index in [1.54, 1.807) is 16.7 Å². The molecule has 1 atom stereocenters. The highest BCUT2D eigenvalue weighted by Crippen LogP contribution is 2.20. The lowest BCUT2D eigenvalue weighted by Gasteiger charge is -2.13. The predicted molar refractivity (Wildman–Crippen MR) is 210 cm³/mol. The third kappa shape index (κ3) is 27.7. The van der Waals surface area contributed by atoms with Crippen LogP contribution in [0.15, 0.2) is 42.5 Å². The van der Waals surface area contributed by atoms with E-state index in [4.69, 9.17) is 0 Å². The molecule has 0 aromatic heterocycles. The molecule has 266 valence electrons. The molecule has 1 nitrogen and oxygen atoms in total. The van der Waals surface area contributed by atoms with Crippen LogP contribution in [-0.4, -0.2) is 25.5 Å². The van der Waals surface area contributed by atoms with Gasteiger partial charge in [-0.2, -0.15) is 0 Å². The van der Waals surface area contributed by atoms with Gasteiger partial charge in [0.2, 0.25) is 0 Å². The standard InChI is InChI=1S/C45H81N/c1-6-8-10-11-12-13-14-15-16-17-18-21-24-27-31-35-43-39-44(41-45(40-43)37-38-46(4)5)36-32-28-25-22-19-20-23-26-30-34-42(3)33-29-9-7-2/h12-15,39-42H,6-11,16-38H2,1-5H3/b13-12+,15-14+. The fourth-order valence-electron chi connectivity index (χ4n) is 6.73. The summed E-state index contributed by atoms with van der Waals surface area (Å²) in [7, 11) is 4.40. The number of benzene rings is 1. The number of likely N-dealkylation sites (N-methyl/N-ethyl adjacent to an activating group) is 1. The van der Waals surface area contributed by atoms with Gasteiger partial charge in [0.15, 0.2) is 0 Å². The molecule has 1 rings (SSSR count). The Morgan fingerprint density at radius 1 is 0.478 bits per heavy atom. The summed E-state index contributed by atoms with van der Waals surface area (Å²) in [6.07, 6.45) is 47.6. The molecule has 0 bridgehead atoms. The first-order valence-corrected chi connectivity index (χ1v) is 20.6. The first-order chi connectivity index (χ1) is 22.5. The Morgan fingerprint density at radius 2 is 0.848 bits per heavy atom. The van der Waals surface area contributed by atoms with Gasteiger partial charge in [0.25, 0.3) is 0 Å². The van der Waals surface area contributed by atoms with E-state index in [0.717, 1.165) is 12.5 Å². The first-order valence-electron chi connectivity index (χ1n) is 20.6. The second-order valence-electron chi connectivity index (χ2n) is 15.0. The lowest BCUT2D eigenvalue weighted by atomic mass is 9.95. The summed E-state index contributed by atoms with van der Waals surface area (Å²) < 4.78 is 0. The monoisotopic (exact) mass is 636 g/mol. The number of allylic oxidation sites excluding steroid dienone is 4. The molecule has 0 heterocycles. The van der Waals surface area contributed by atoms with Crippen LogP contribution in [0.3, 0.4) is 0 Å². The van der Waals surface area contributed by atoms with Crippen molar-refractivity contribution < 1.29 is 0 Å². The number of hydrogen-bond donors (Lipinski definition) is 0. The number of rotatable bonds is 33. The normalized spacial score (nSPS) is 12.7. The highest BCUT2D eigenvalue weighted by Gasteiger charge is 2.05. The number of hydrogen-bond acceptors (Lipinski definition) is 1. The summed E-state index contributed by atoms with van der Waals surface area (Å²) in [4.78, 5) is 2.32. The van der Waals surface area contributed by atoms with E-state index in [9.17, 15) is 0 Å². The maximum Gasteiger partial charge on any atom is 0.00157 e. The average molecular weight is 636 g/mol. The first kappa shape index (κ1) is 42.7. The molecule has 0 aliphatic heterocycles. The summed E-state index contributed by atoms with van der Waals surface area (Å²) in [5.41, 5.74) is 4.74. The van der Waals surface area contributed by atoms with Crippen LogP contribution in [0, 0.1) is 5.92 Å². The number of aryl methyl sites for hydroxylation is 2. The van der Waals surface area contributed by atoms with Gasteiger partial charge in [-0.3, -0.25) is 0 Å². The number of unbranched alkanes of at least 4 members (excludes halogenated alkanes) is 19. The Morgan fingerprint density at radius 3 is 1.33 bits per heavy atom. The van der Waals surface area contributed by atoms with Crippen LogP contribution in [0.5, 0.6) is 0 Å². The minimum Gasteiger partial charge on any atom is -0.309 e. The maximum absolute atomic E-state index is 2.55. The quantitative estimate of drug-likeness (QED) is 0.0548. The summed E-state index contributed by atoms with van der Waals surface area (Å²) in [5.74, 6) is 0.946. The average Bonchev–Trinajstić information content (AvgIpc) is 3.04. The van der Waals surface area contributed by atoms with Crippen LogP contribution in [0.1, 0.15) is 198 Å². The Kier molecular flexibility index (Phi) is 29.9. The van der Waals surface area contributed by atoms with E-state index in [0.29, 0.717) is 0 Å². The van der Waals surface area contributed by atoms with Gasteiger partial charge in [-0.05, 0) is 94.5 Å². The van der Waals surface area contributed by atoms with E-state index >= 15 is 0 Å². The van der Waals surface area contributed by atoms with Crippen molar-refractivity contribution in [2.45, 2.75) is 201 Å². The number of nitrogens with zero attached hydrogens (tertiary/aromatic N) is 1. The molecular formula is C45H81N. The van der Waals surface area contributed by atoms with Gasteiger partial charge < -0.3 is 4.90 Å². The molecule has 1 unspecified atom stereocenters. The lowest BCUT2D eigenvalue weighted by Crippen LogP contribution is -2.15. The highest BCUT2D eigenvalue weighted by molar-refractivity contribution is 5.31. The van der Waals surface area contributed by atoms with Crippen molar-refractivity contribution in [2.75, 3.05) is 20.6 Å². The second-order valence-corrected chi connectivity index (χ2v) is 15.0. The fraction of sp³-hybridized carbons (Fsp3) is 0.778. The van der Waals surface area contributed by atoms with Gasteiger partial charge in [0.05, 0.1) is 0 Å². The Balaban J connectivity index is 2.19. The molecule has 1 aromatic rings. The topological polar surface area (TPSA) is 3.24 Å². The van der Waals surface area contributed by atoms with E-state index in [1.807, 2.05) is 0 Å². The molecule has 46 heavy (non-hydrogen) atoms. The van der Waals surface area contributed by atoms with Gasteiger partial charge in [0, 0.05) is 6.54 Å². The fourth-order valence-corrected chi connectivity index (χ4v) is 6.73. The minimum absolute atomic E-state index is 0.946. The summed E-state index contributed by atoms with van der Waals surface area (Å²) >= 11 is 0. The van der Waals surface area contributed by atoms with Crippen LogP contribution in [-0.2, 0) is 19.3 Å². The van der Waals surface area contributed by atoms with Gasteiger partial charge in [-0.15, -0.1) is 0 Å². The zero-order chi connectivity index (χ0) is 33.3. The van der Waals surface area contributed by atoms with Gasteiger partial charge >= 0.3 is 0 Å². The van der Waals surface area contributed by atoms with Crippen LogP contribution >= 0.6 is 0 Å². The molecule has 0 amide bonds. The van der Waals surface area contributed by atoms with Crippen molar-refractivity contribution in [1.29, 1.82) is 0 Å². The molecule has 0 saturated carbocycles. The third-order valence-corrected chi connectivity index (χ3v) is 9.87. The van der Waals surface area contributed by atoms with Crippen molar-refractivity contribution in [3.8, 4) is 0 Å². The molecule has 1 aromatic carbocycles. The van der Waals surface area contributed by atoms with Crippen LogP contribution in [0.4, 0.5) is 0 Å². The Bertz CT molecular complexity index is 833. The van der Waals surface area contributed by atoms with Crippen molar-refractivity contribution in [2.24, 2.45) is 5.92 Å². The smallest absolute Gasteiger partial charge is 0.00157 e. The second kappa shape index (κ2) is 32.2. The summed E-state index contributed by atoms with van der Waals surface area (Å²) in [6, 6.07) is 7.59. The molecule has 1 heteroatoms. The van der Waals surface area contributed by atoms with E-state index < -0.39 is 0 Å². The molecule has 0 spiro atoms. The Labute approximate surface area is 290 Å². The zero-order valence-electron chi connectivity index (χ0n) is 32.1. The minimum atomic E-state index is 0.946. The summed E-state index contributed by atoms with van der Waals surface area (Å²) in [5, 5.41) is 0. The predicted octanol–water partition coefficient (Wildman–Crippen LogP) is 14.4. The van der Waals surface area contributed by atoms with E-state index in [2.05, 4.69) is 82.3 Å². The zero-order valence-corrected chi connectivity index (χ0v) is 32.1.